The van der Waals surface area contributed by atoms with Crippen LogP contribution < -0.4 is 10.9 Å². The highest BCUT2D eigenvalue weighted by atomic mass is 79.9. The molecule has 1 aliphatic carbocycles. The number of nitrogens with one attached hydrogen (secondary N) is 1. The minimum absolute atomic E-state index is 0.00959. The molecule has 2 heterocycles. The zero-order valence-electron chi connectivity index (χ0n) is 30.3. The summed E-state index contributed by atoms with van der Waals surface area (Å²) in [5.41, 5.74) is -0.779. The standard InChI is InChI=1S/C36H32BrF6N3O3.C4H8O2/c1-19-3-2-4-30(47)32(19)22-11-23(33(40)26(12-22)20-5-6-20)15-44-35(49)34(27-13-24(37)7-8-29(27)39)46-16-21(9-10-45-17-25(38)18-45)28(14-31(46)48)36(41,42)43;1-3-6-4(2)5/h2-4,7-8,11-14,16,20,25,34,47H,5-6,9-10,15,17-18H2,1H3,(H,44,49);3H2,1-2H3. The predicted molar refractivity (Wildman–Crippen MR) is 197 cm³/mol. The molecule has 1 unspecified atom stereocenters. The van der Waals surface area contributed by atoms with E-state index >= 15 is 8.78 Å². The molecule has 4 aromatic rings. The Balaban J connectivity index is 0.000000895. The number of benzene rings is 3. The topological polar surface area (TPSA) is 101 Å². The third-order valence-electron chi connectivity index (χ3n) is 9.39. The third kappa shape index (κ3) is 10.2. The lowest BCUT2D eigenvalue weighted by Crippen LogP contribution is -2.49. The Labute approximate surface area is 322 Å². The molecule has 2 N–H and O–H groups in total. The van der Waals surface area contributed by atoms with Gasteiger partial charge in [0.15, 0.2) is 0 Å². The summed E-state index contributed by atoms with van der Waals surface area (Å²) in [5.74, 6) is -2.68. The smallest absolute Gasteiger partial charge is 0.416 e. The predicted octanol–water partition coefficient (Wildman–Crippen LogP) is 8.14. The van der Waals surface area contributed by atoms with E-state index < -0.39 is 53.6 Å². The van der Waals surface area contributed by atoms with Gasteiger partial charge in [-0.15, -0.1) is 0 Å². The lowest BCUT2D eigenvalue weighted by atomic mass is 9.93. The number of carbonyl (C=O) groups excluding carboxylic acids is 2. The van der Waals surface area contributed by atoms with Gasteiger partial charge in [0.25, 0.3) is 5.56 Å². The SMILES string of the molecule is CCOC(C)=O.Cc1cccc(O)c1-c1cc(CNC(=O)C(c2cc(Br)ccc2F)n2cc(CCN3CC(F)C3)c(C(F)(F)F)cc2=O)c(F)c(C2CC2)c1. The van der Waals surface area contributed by atoms with Crippen molar-refractivity contribution in [2.45, 2.75) is 70.9 Å². The Morgan fingerprint density at radius 1 is 1.05 bits per heavy atom. The van der Waals surface area contributed by atoms with Crippen molar-refractivity contribution in [3.05, 3.63) is 121 Å². The second-order valence-corrected chi connectivity index (χ2v) is 14.5. The number of rotatable bonds is 11. The third-order valence-corrected chi connectivity index (χ3v) is 9.88. The largest absolute Gasteiger partial charge is 0.507 e. The minimum Gasteiger partial charge on any atom is -0.507 e. The van der Waals surface area contributed by atoms with Crippen LogP contribution >= 0.6 is 15.9 Å². The molecule has 55 heavy (non-hydrogen) atoms. The van der Waals surface area contributed by atoms with Gasteiger partial charge < -0.3 is 15.2 Å². The summed E-state index contributed by atoms with van der Waals surface area (Å²) in [4.78, 5) is 38.8. The van der Waals surface area contributed by atoms with Crippen LogP contribution in [0.1, 0.15) is 72.0 Å². The van der Waals surface area contributed by atoms with Gasteiger partial charge in [0.05, 0.1) is 12.2 Å². The number of aromatic hydroxyl groups is 1. The molecule has 15 heteroatoms. The van der Waals surface area contributed by atoms with Crippen LogP contribution in [0.2, 0.25) is 0 Å². The average Bonchev–Trinajstić information content (AvgIpc) is 3.94. The molecule has 1 saturated heterocycles. The second-order valence-electron chi connectivity index (χ2n) is 13.6. The summed E-state index contributed by atoms with van der Waals surface area (Å²) in [6, 6.07) is 10.4. The number of carbonyl (C=O) groups is 2. The number of aromatic nitrogens is 1. The minimum atomic E-state index is -4.91. The van der Waals surface area contributed by atoms with Crippen LogP contribution in [0.15, 0.2) is 70.1 Å². The van der Waals surface area contributed by atoms with Gasteiger partial charge in [-0.1, -0.05) is 28.1 Å². The Morgan fingerprint density at radius 3 is 2.35 bits per heavy atom. The molecular weight excluding hydrogens is 796 g/mol. The van der Waals surface area contributed by atoms with Crippen molar-refractivity contribution in [2.24, 2.45) is 0 Å². The maximum atomic E-state index is 15.9. The number of phenolic OH excluding ortho intramolecular Hbond substituents is 1. The van der Waals surface area contributed by atoms with E-state index in [9.17, 15) is 37.1 Å². The van der Waals surface area contributed by atoms with Crippen molar-refractivity contribution in [3.8, 4) is 16.9 Å². The van der Waals surface area contributed by atoms with Crippen LogP contribution in [0.5, 0.6) is 5.75 Å². The van der Waals surface area contributed by atoms with E-state index in [0.29, 0.717) is 33.8 Å². The number of ether oxygens (including phenoxy) is 1. The highest BCUT2D eigenvalue weighted by molar-refractivity contribution is 9.10. The molecule has 0 bridgehead atoms. The van der Waals surface area contributed by atoms with Crippen LogP contribution in [-0.4, -0.2) is 58.9 Å². The van der Waals surface area contributed by atoms with Crippen molar-refractivity contribution in [1.82, 2.24) is 14.8 Å². The molecule has 3 aromatic carbocycles. The number of amides is 1. The fourth-order valence-corrected chi connectivity index (χ4v) is 6.93. The van der Waals surface area contributed by atoms with Gasteiger partial charge in [-0.2, -0.15) is 13.2 Å². The maximum Gasteiger partial charge on any atom is 0.416 e. The molecule has 1 amide bonds. The van der Waals surface area contributed by atoms with Gasteiger partial charge in [0.2, 0.25) is 5.91 Å². The molecule has 2 fully saturated rings. The summed E-state index contributed by atoms with van der Waals surface area (Å²) >= 11 is 3.23. The Hall–Kier alpha value is -4.63. The van der Waals surface area contributed by atoms with Gasteiger partial charge in [-0.25, -0.2) is 13.2 Å². The summed E-state index contributed by atoms with van der Waals surface area (Å²) in [5, 5.41) is 13.2. The van der Waals surface area contributed by atoms with E-state index in [4.69, 9.17) is 0 Å². The van der Waals surface area contributed by atoms with E-state index in [1.165, 1.54) is 31.2 Å². The van der Waals surface area contributed by atoms with Crippen LogP contribution in [0, 0.1) is 18.6 Å². The van der Waals surface area contributed by atoms with Crippen LogP contribution in [0.25, 0.3) is 11.1 Å². The first kappa shape index (κ1) is 41.5. The van der Waals surface area contributed by atoms with Gasteiger partial charge in [0.1, 0.15) is 29.6 Å². The van der Waals surface area contributed by atoms with Crippen molar-refractivity contribution < 1.29 is 45.8 Å². The molecule has 1 saturated carbocycles. The van der Waals surface area contributed by atoms with Gasteiger partial charge in [0, 0.05) is 66.5 Å². The lowest BCUT2D eigenvalue weighted by molar-refractivity contribution is -0.140. The molecule has 2 aliphatic rings. The number of alkyl halides is 4. The lowest BCUT2D eigenvalue weighted by Gasteiger charge is -2.34. The molecule has 294 valence electrons. The molecular formula is C40H40BrF6N3O5. The van der Waals surface area contributed by atoms with Crippen molar-refractivity contribution in [1.29, 1.82) is 0 Å². The number of esters is 1. The average molecular weight is 837 g/mol. The molecule has 0 radical (unpaired) electrons. The number of phenols is 1. The van der Waals surface area contributed by atoms with Crippen LogP contribution in [-0.2, 0) is 33.5 Å². The fraction of sp³-hybridized carbons (Fsp3) is 0.375. The first-order chi connectivity index (χ1) is 26.0. The Kier molecular flexibility index (Phi) is 13.2. The second kappa shape index (κ2) is 17.4. The highest BCUT2D eigenvalue weighted by Crippen LogP contribution is 2.44. The molecule has 1 aliphatic heterocycles. The molecule has 1 atom stereocenters. The van der Waals surface area contributed by atoms with Crippen LogP contribution in [0.3, 0.4) is 0 Å². The first-order valence-corrected chi connectivity index (χ1v) is 18.4. The van der Waals surface area contributed by atoms with Gasteiger partial charge in [-0.05, 0) is 97.7 Å². The molecule has 1 aromatic heterocycles. The quantitative estimate of drug-likeness (QED) is 0.117. The number of hydrogen-bond donors (Lipinski definition) is 2. The summed E-state index contributed by atoms with van der Waals surface area (Å²) in [6.07, 6.45) is -3.77. The van der Waals surface area contributed by atoms with Crippen LogP contribution in [0.4, 0.5) is 26.3 Å². The summed E-state index contributed by atoms with van der Waals surface area (Å²) in [7, 11) is 0. The highest BCUT2D eigenvalue weighted by Gasteiger charge is 2.37. The summed E-state index contributed by atoms with van der Waals surface area (Å²) in [6.45, 7) is 5.25. The van der Waals surface area contributed by atoms with Crippen molar-refractivity contribution in [3.63, 3.8) is 0 Å². The zero-order valence-corrected chi connectivity index (χ0v) is 31.9. The van der Waals surface area contributed by atoms with E-state index in [0.717, 1.165) is 35.2 Å². The number of nitrogens with zero attached hydrogens (tertiary/aromatic N) is 2. The van der Waals surface area contributed by atoms with E-state index in [1.807, 2.05) is 0 Å². The zero-order chi connectivity index (χ0) is 40.2. The molecule has 6 rings (SSSR count). The van der Waals surface area contributed by atoms with Crippen molar-refractivity contribution in [2.75, 3.05) is 26.2 Å². The van der Waals surface area contributed by atoms with Gasteiger partial charge in [-0.3, -0.25) is 23.9 Å². The number of likely N-dealkylation sites (tertiary alicyclic amines) is 1. The normalized spacial score (nSPS) is 15.1. The summed E-state index contributed by atoms with van der Waals surface area (Å²) < 4.78 is 92.3. The monoisotopic (exact) mass is 835 g/mol. The van der Waals surface area contributed by atoms with Crippen molar-refractivity contribution >= 4 is 27.8 Å². The van der Waals surface area contributed by atoms with E-state index in [-0.39, 0.29) is 60.4 Å². The maximum absolute atomic E-state index is 15.9. The number of halogens is 7. The fourth-order valence-electron chi connectivity index (χ4n) is 6.55. The number of pyridine rings is 1. The molecule has 8 nitrogen and oxygen atoms in total. The first-order valence-electron chi connectivity index (χ1n) is 17.6. The number of aryl methyl sites for hydroxylation is 1. The van der Waals surface area contributed by atoms with Gasteiger partial charge >= 0.3 is 12.1 Å². The van der Waals surface area contributed by atoms with E-state index in [1.54, 1.807) is 36.9 Å². The Bertz CT molecular complexity index is 2090. The number of hydrogen-bond acceptors (Lipinski definition) is 6. The Morgan fingerprint density at radius 2 is 1.76 bits per heavy atom. The molecule has 0 spiro atoms. The van der Waals surface area contributed by atoms with E-state index in [2.05, 4.69) is 26.0 Å².